The van der Waals surface area contributed by atoms with Crippen LogP contribution in [0.4, 0.5) is 0 Å². The van der Waals surface area contributed by atoms with Crippen LogP contribution in [0.3, 0.4) is 0 Å². The number of nitrogens with zero attached hydrogens (tertiary/aromatic N) is 3. The summed E-state index contributed by atoms with van der Waals surface area (Å²) in [5, 5.41) is 3.17. The molecule has 0 N–H and O–H groups in total. The molecular formula is C17H21N3O3S. The first-order valence-corrected chi connectivity index (χ1v) is 9.18. The van der Waals surface area contributed by atoms with Crippen LogP contribution in [-0.2, 0) is 11.3 Å². The van der Waals surface area contributed by atoms with Crippen molar-refractivity contribution in [3.8, 4) is 0 Å². The smallest absolute Gasteiger partial charge is 0.257 e. The van der Waals surface area contributed by atoms with E-state index in [1.807, 2.05) is 16.5 Å². The molecule has 1 spiro atoms. The molecule has 2 aromatic rings. The molecule has 0 unspecified atom stereocenters. The predicted molar refractivity (Wildman–Crippen MR) is 89.9 cm³/mol. The summed E-state index contributed by atoms with van der Waals surface area (Å²) >= 11 is 1.70. The molecule has 0 radical (unpaired) electrons. The van der Waals surface area contributed by atoms with Crippen LogP contribution in [0.25, 0.3) is 0 Å². The molecule has 1 amide bonds. The number of hydrogen-bond acceptors (Lipinski definition) is 6. The van der Waals surface area contributed by atoms with Crippen LogP contribution in [0.15, 0.2) is 34.6 Å². The average Bonchev–Trinajstić information content (AvgIpc) is 3.29. The molecule has 2 aromatic heterocycles. The minimum atomic E-state index is -0.122. The fraction of sp³-hybridized carbons (Fsp3) is 0.529. The normalized spacial score (nSPS) is 21.2. The monoisotopic (exact) mass is 347 g/mol. The summed E-state index contributed by atoms with van der Waals surface area (Å²) in [7, 11) is 0. The van der Waals surface area contributed by atoms with E-state index in [9.17, 15) is 4.79 Å². The van der Waals surface area contributed by atoms with Gasteiger partial charge in [-0.3, -0.25) is 9.69 Å². The molecule has 2 saturated heterocycles. The van der Waals surface area contributed by atoms with Crippen molar-refractivity contribution in [1.82, 2.24) is 14.8 Å². The maximum Gasteiger partial charge on any atom is 0.257 e. The third kappa shape index (κ3) is 3.24. The standard InChI is InChI=1S/C17H21N3O3S/c21-16(14-1-8-22-12-14)20-5-2-17(3-6-20)13-19(7-9-23-17)11-15-18-4-10-24-15/h1,4,8,10,12H,2-3,5-7,9,11,13H2. The van der Waals surface area contributed by atoms with E-state index in [2.05, 4.69) is 9.88 Å². The fourth-order valence-electron chi connectivity index (χ4n) is 3.57. The van der Waals surface area contributed by atoms with Crippen LogP contribution in [0, 0.1) is 0 Å². The Bertz CT molecular complexity index is 663. The largest absolute Gasteiger partial charge is 0.472 e. The second-order valence-corrected chi connectivity index (χ2v) is 7.45. The van der Waals surface area contributed by atoms with Crippen LogP contribution in [0.5, 0.6) is 0 Å². The number of rotatable bonds is 3. The van der Waals surface area contributed by atoms with Crippen molar-refractivity contribution in [1.29, 1.82) is 0 Å². The van der Waals surface area contributed by atoms with Crippen molar-refractivity contribution in [2.45, 2.75) is 25.0 Å². The average molecular weight is 347 g/mol. The van der Waals surface area contributed by atoms with Gasteiger partial charge in [-0.25, -0.2) is 4.98 Å². The van der Waals surface area contributed by atoms with Crippen molar-refractivity contribution in [3.05, 3.63) is 40.7 Å². The van der Waals surface area contributed by atoms with Gasteiger partial charge in [0, 0.05) is 37.8 Å². The quantitative estimate of drug-likeness (QED) is 0.852. The highest BCUT2D eigenvalue weighted by Crippen LogP contribution is 2.31. The molecular weight excluding hydrogens is 326 g/mol. The van der Waals surface area contributed by atoms with Crippen molar-refractivity contribution in [2.24, 2.45) is 0 Å². The highest BCUT2D eigenvalue weighted by Gasteiger charge is 2.40. The molecule has 4 heterocycles. The highest BCUT2D eigenvalue weighted by molar-refractivity contribution is 7.09. The van der Waals surface area contributed by atoms with Gasteiger partial charge in [0.05, 0.1) is 30.6 Å². The molecule has 6 nitrogen and oxygen atoms in total. The number of carbonyl (C=O) groups excluding carboxylic acids is 1. The summed E-state index contributed by atoms with van der Waals surface area (Å²) in [6.45, 7) is 4.96. The van der Waals surface area contributed by atoms with Gasteiger partial charge >= 0.3 is 0 Å². The van der Waals surface area contributed by atoms with E-state index >= 15 is 0 Å². The Kier molecular flexibility index (Phi) is 4.39. The lowest BCUT2D eigenvalue weighted by atomic mass is 9.89. The van der Waals surface area contributed by atoms with Crippen molar-refractivity contribution >= 4 is 17.2 Å². The van der Waals surface area contributed by atoms with E-state index < -0.39 is 0 Å². The van der Waals surface area contributed by atoms with Crippen molar-refractivity contribution < 1.29 is 13.9 Å². The van der Waals surface area contributed by atoms with Crippen molar-refractivity contribution in [2.75, 3.05) is 32.8 Å². The summed E-state index contributed by atoms with van der Waals surface area (Å²) in [4.78, 5) is 21.1. The lowest BCUT2D eigenvalue weighted by molar-refractivity contribution is -0.134. The molecule has 2 aliphatic heterocycles. The first-order chi connectivity index (χ1) is 11.7. The van der Waals surface area contributed by atoms with E-state index in [1.165, 1.54) is 6.26 Å². The molecule has 0 saturated carbocycles. The van der Waals surface area contributed by atoms with Crippen LogP contribution in [0.2, 0.25) is 0 Å². The van der Waals surface area contributed by atoms with Crippen LogP contribution in [0.1, 0.15) is 28.2 Å². The SMILES string of the molecule is O=C(c1ccoc1)N1CCC2(CC1)CN(Cc1nccs1)CCO2. The van der Waals surface area contributed by atoms with Gasteiger partial charge < -0.3 is 14.1 Å². The second kappa shape index (κ2) is 6.66. The number of piperidine rings is 1. The number of morpholine rings is 1. The van der Waals surface area contributed by atoms with Gasteiger partial charge in [0.1, 0.15) is 11.3 Å². The molecule has 0 aromatic carbocycles. The zero-order chi connectivity index (χ0) is 16.4. The Morgan fingerprint density at radius 2 is 2.21 bits per heavy atom. The fourth-order valence-corrected chi connectivity index (χ4v) is 4.23. The summed E-state index contributed by atoms with van der Waals surface area (Å²) < 4.78 is 11.2. The molecule has 0 atom stereocenters. The number of furan rings is 1. The number of likely N-dealkylation sites (tertiary alicyclic amines) is 1. The molecule has 2 fully saturated rings. The Morgan fingerprint density at radius 1 is 1.33 bits per heavy atom. The first-order valence-electron chi connectivity index (χ1n) is 8.30. The molecule has 0 aliphatic carbocycles. The number of hydrogen-bond donors (Lipinski definition) is 0. The summed E-state index contributed by atoms with van der Waals surface area (Å²) in [6, 6.07) is 1.72. The van der Waals surface area contributed by atoms with E-state index in [1.54, 1.807) is 23.7 Å². The Morgan fingerprint density at radius 3 is 2.92 bits per heavy atom. The summed E-state index contributed by atoms with van der Waals surface area (Å²) in [6.07, 6.45) is 6.67. The van der Waals surface area contributed by atoms with E-state index in [0.29, 0.717) is 5.56 Å². The predicted octanol–water partition coefficient (Wildman–Crippen LogP) is 2.24. The topological polar surface area (TPSA) is 58.8 Å². The zero-order valence-corrected chi connectivity index (χ0v) is 14.3. The lowest BCUT2D eigenvalue weighted by Gasteiger charge is -2.47. The molecule has 128 valence electrons. The van der Waals surface area contributed by atoms with Gasteiger partial charge in [-0.2, -0.15) is 0 Å². The molecule has 2 aliphatic rings. The zero-order valence-electron chi connectivity index (χ0n) is 13.5. The molecule has 7 heteroatoms. The third-order valence-electron chi connectivity index (χ3n) is 4.90. The van der Waals surface area contributed by atoms with Gasteiger partial charge in [-0.15, -0.1) is 11.3 Å². The van der Waals surface area contributed by atoms with Gasteiger partial charge in [-0.1, -0.05) is 0 Å². The minimum Gasteiger partial charge on any atom is -0.472 e. The molecule has 0 bridgehead atoms. The summed E-state index contributed by atoms with van der Waals surface area (Å²) in [5.41, 5.74) is 0.504. The number of carbonyl (C=O) groups is 1. The summed E-state index contributed by atoms with van der Waals surface area (Å²) in [5.74, 6) is 0.0500. The van der Waals surface area contributed by atoms with Crippen LogP contribution < -0.4 is 0 Å². The lowest BCUT2D eigenvalue weighted by Crippen LogP contribution is -2.57. The van der Waals surface area contributed by atoms with Gasteiger partial charge in [0.2, 0.25) is 0 Å². The van der Waals surface area contributed by atoms with Gasteiger partial charge in [0.15, 0.2) is 0 Å². The van der Waals surface area contributed by atoms with E-state index in [4.69, 9.17) is 9.15 Å². The maximum atomic E-state index is 12.4. The first kappa shape index (κ1) is 15.8. The van der Waals surface area contributed by atoms with Crippen molar-refractivity contribution in [3.63, 3.8) is 0 Å². The maximum absolute atomic E-state index is 12.4. The molecule has 4 rings (SSSR count). The van der Waals surface area contributed by atoms with Crippen LogP contribution in [-0.4, -0.2) is 59.1 Å². The Labute approximate surface area is 145 Å². The number of thiazole rings is 1. The second-order valence-electron chi connectivity index (χ2n) is 6.47. The van der Waals surface area contributed by atoms with Crippen LogP contribution >= 0.6 is 11.3 Å². The number of aromatic nitrogens is 1. The number of amides is 1. The van der Waals surface area contributed by atoms with E-state index in [-0.39, 0.29) is 11.5 Å². The minimum absolute atomic E-state index is 0.0500. The third-order valence-corrected chi connectivity index (χ3v) is 5.66. The van der Waals surface area contributed by atoms with Gasteiger partial charge in [-0.05, 0) is 18.9 Å². The highest BCUT2D eigenvalue weighted by atomic mass is 32.1. The Hall–Kier alpha value is -1.70. The molecule has 24 heavy (non-hydrogen) atoms. The number of ether oxygens (including phenoxy) is 1. The van der Waals surface area contributed by atoms with Gasteiger partial charge in [0.25, 0.3) is 5.91 Å². The Balaban J connectivity index is 1.36. The van der Waals surface area contributed by atoms with E-state index in [0.717, 1.165) is 57.2 Å².